The van der Waals surface area contributed by atoms with E-state index in [9.17, 15) is 4.79 Å². The van der Waals surface area contributed by atoms with Gasteiger partial charge in [-0.05, 0) is 26.2 Å². The number of aromatic nitrogens is 2. The summed E-state index contributed by atoms with van der Waals surface area (Å²) in [5.74, 6) is 0.152. The molecule has 0 aromatic carbocycles. The van der Waals surface area contributed by atoms with Crippen molar-refractivity contribution in [2.45, 2.75) is 19.1 Å². The minimum absolute atomic E-state index is 0.152. The van der Waals surface area contributed by atoms with Crippen molar-refractivity contribution < 1.29 is 4.79 Å². The van der Waals surface area contributed by atoms with E-state index >= 15 is 0 Å². The zero-order chi connectivity index (χ0) is 12.4. The number of hydrogen-bond acceptors (Lipinski definition) is 4. The van der Waals surface area contributed by atoms with E-state index in [1.807, 2.05) is 25.3 Å². The number of carbonyl (C=O) groups excluding carboxylic acids is 1. The number of thioether (sulfide) groups is 1. The molecule has 0 amide bonds. The summed E-state index contributed by atoms with van der Waals surface area (Å²) >= 11 is 1.54. The van der Waals surface area contributed by atoms with Crippen molar-refractivity contribution >= 4 is 28.4 Å². The highest BCUT2D eigenvalue weighted by Crippen LogP contribution is 2.33. The fourth-order valence-corrected chi connectivity index (χ4v) is 2.85. The van der Waals surface area contributed by atoms with Crippen molar-refractivity contribution in [2.24, 2.45) is 0 Å². The molecule has 4 heteroatoms. The maximum absolute atomic E-state index is 11.7. The summed E-state index contributed by atoms with van der Waals surface area (Å²) in [5.41, 5.74) is 2.74. The van der Waals surface area contributed by atoms with Gasteiger partial charge >= 0.3 is 0 Å². The summed E-state index contributed by atoms with van der Waals surface area (Å²) in [6.45, 7) is 3.56. The van der Waals surface area contributed by atoms with Crippen LogP contribution in [0.2, 0.25) is 0 Å². The molecule has 0 aliphatic heterocycles. The molecular weight excluding hydrogens is 232 g/mol. The minimum Gasteiger partial charge on any atom is -0.298 e. The van der Waals surface area contributed by atoms with Crippen molar-refractivity contribution in [1.82, 2.24) is 9.97 Å². The highest BCUT2D eigenvalue weighted by Gasteiger charge is 2.20. The van der Waals surface area contributed by atoms with Crippen LogP contribution in [-0.4, -0.2) is 22.0 Å². The molecule has 2 aromatic heterocycles. The number of hydrogen-bond donors (Lipinski definition) is 0. The number of Topliss-reactive ketones (excluding diaryl/α,β-unsaturated/α-hetero) is 1. The third-order valence-corrected chi connectivity index (χ3v) is 3.81. The maximum Gasteiger partial charge on any atom is 0.147 e. The summed E-state index contributed by atoms with van der Waals surface area (Å²) in [4.78, 5) is 20.3. The quantitative estimate of drug-likeness (QED) is 0.835. The lowest BCUT2D eigenvalue weighted by molar-refractivity contribution is -0.116. The molecule has 17 heavy (non-hydrogen) atoms. The van der Waals surface area contributed by atoms with Crippen molar-refractivity contribution in [1.29, 1.82) is 0 Å². The summed E-state index contributed by atoms with van der Waals surface area (Å²) in [6.07, 6.45) is 5.44. The Kier molecular flexibility index (Phi) is 3.43. The minimum atomic E-state index is -0.157. The van der Waals surface area contributed by atoms with E-state index in [1.165, 1.54) is 0 Å². The number of nitrogens with zero attached hydrogens (tertiary/aromatic N) is 2. The van der Waals surface area contributed by atoms with E-state index in [0.29, 0.717) is 0 Å². The topological polar surface area (TPSA) is 42.9 Å². The molecule has 2 rings (SSSR count). The van der Waals surface area contributed by atoms with E-state index < -0.39 is 0 Å². The first-order chi connectivity index (χ1) is 8.15. The van der Waals surface area contributed by atoms with Crippen LogP contribution in [0, 0.1) is 6.92 Å². The van der Waals surface area contributed by atoms with E-state index in [4.69, 9.17) is 0 Å². The molecule has 3 nitrogen and oxygen atoms in total. The fraction of sp³-hybridized carbons (Fsp3) is 0.308. The first kappa shape index (κ1) is 12.0. The van der Waals surface area contributed by atoms with Crippen molar-refractivity contribution in [3.05, 3.63) is 35.8 Å². The van der Waals surface area contributed by atoms with Gasteiger partial charge < -0.3 is 0 Å². The number of fused-ring (bicyclic) bond motifs is 1. The molecule has 0 saturated carbocycles. The van der Waals surface area contributed by atoms with Gasteiger partial charge in [-0.3, -0.25) is 14.8 Å². The average Bonchev–Trinajstić information content (AvgIpc) is 2.32. The van der Waals surface area contributed by atoms with Gasteiger partial charge in [0.05, 0.1) is 17.0 Å². The van der Waals surface area contributed by atoms with Gasteiger partial charge in [-0.2, -0.15) is 0 Å². The molecule has 0 N–H and O–H groups in total. The SMILES string of the molecule is CSC(C(C)=O)c1c(C)ncc2ncccc12. The van der Waals surface area contributed by atoms with Crippen LogP contribution in [0.1, 0.15) is 23.4 Å². The van der Waals surface area contributed by atoms with Crippen LogP contribution in [0.15, 0.2) is 24.5 Å². The predicted octanol–water partition coefficient (Wildman–Crippen LogP) is 2.93. The molecule has 0 aliphatic carbocycles. The molecule has 2 aromatic rings. The van der Waals surface area contributed by atoms with Crippen LogP contribution in [0.4, 0.5) is 0 Å². The second-order valence-electron chi connectivity index (χ2n) is 3.92. The zero-order valence-electron chi connectivity index (χ0n) is 10.1. The summed E-state index contributed by atoms with van der Waals surface area (Å²) in [5, 5.41) is 0.866. The van der Waals surface area contributed by atoms with E-state index in [-0.39, 0.29) is 11.0 Å². The molecule has 0 saturated heterocycles. The first-order valence-electron chi connectivity index (χ1n) is 5.38. The van der Waals surface area contributed by atoms with Crippen LogP contribution in [0.25, 0.3) is 10.9 Å². The molecule has 0 spiro atoms. The molecule has 2 heterocycles. The summed E-state index contributed by atoms with van der Waals surface area (Å²) in [7, 11) is 0. The number of ketones is 1. The largest absolute Gasteiger partial charge is 0.298 e. The van der Waals surface area contributed by atoms with Gasteiger partial charge in [-0.1, -0.05) is 6.07 Å². The van der Waals surface area contributed by atoms with Crippen LogP contribution >= 0.6 is 11.8 Å². The monoisotopic (exact) mass is 246 g/mol. The van der Waals surface area contributed by atoms with Gasteiger partial charge in [0, 0.05) is 22.8 Å². The third-order valence-electron chi connectivity index (χ3n) is 2.77. The second kappa shape index (κ2) is 4.84. The Morgan fingerprint density at radius 1 is 1.41 bits per heavy atom. The number of rotatable bonds is 3. The van der Waals surface area contributed by atoms with E-state index in [1.54, 1.807) is 31.1 Å². The zero-order valence-corrected chi connectivity index (χ0v) is 10.9. The van der Waals surface area contributed by atoms with Crippen molar-refractivity contribution in [2.75, 3.05) is 6.26 Å². The summed E-state index contributed by atoms with van der Waals surface area (Å²) in [6, 6.07) is 3.89. The van der Waals surface area contributed by atoms with Crippen molar-refractivity contribution in [3.63, 3.8) is 0 Å². The lowest BCUT2D eigenvalue weighted by Crippen LogP contribution is -2.08. The molecule has 0 aliphatic rings. The Bertz CT molecular complexity index is 568. The fourth-order valence-electron chi connectivity index (χ4n) is 1.99. The average molecular weight is 246 g/mol. The van der Waals surface area contributed by atoms with Gasteiger partial charge in [-0.15, -0.1) is 11.8 Å². The molecule has 88 valence electrons. The summed E-state index contributed by atoms with van der Waals surface area (Å²) < 4.78 is 0. The maximum atomic E-state index is 11.7. The molecule has 0 radical (unpaired) electrons. The highest BCUT2D eigenvalue weighted by molar-refractivity contribution is 7.99. The van der Waals surface area contributed by atoms with Crippen LogP contribution in [0.3, 0.4) is 0 Å². The third kappa shape index (κ3) is 2.17. The Labute approximate surface area is 105 Å². The molecular formula is C13H14N2OS. The standard InChI is InChI=1S/C13H14N2OS/c1-8-12(13(17-3)9(2)16)10-5-4-6-14-11(10)7-15-8/h4-7,13H,1-3H3. The molecule has 1 unspecified atom stereocenters. The van der Waals surface area contributed by atoms with Crippen LogP contribution < -0.4 is 0 Å². The number of aryl methyl sites for hydroxylation is 1. The number of pyridine rings is 2. The smallest absolute Gasteiger partial charge is 0.147 e. The van der Waals surface area contributed by atoms with E-state index in [2.05, 4.69) is 9.97 Å². The number of carbonyl (C=O) groups is 1. The van der Waals surface area contributed by atoms with Gasteiger partial charge in [0.25, 0.3) is 0 Å². The van der Waals surface area contributed by atoms with Gasteiger partial charge in [0.1, 0.15) is 5.78 Å². The Morgan fingerprint density at radius 3 is 2.82 bits per heavy atom. The van der Waals surface area contributed by atoms with Crippen LogP contribution in [0.5, 0.6) is 0 Å². The first-order valence-corrected chi connectivity index (χ1v) is 6.67. The lowest BCUT2D eigenvalue weighted by Gasteiger charge is -2.15. The van der Waals surface area contributed by atoms with Crippen LogP contribution in [-0.2, 0) is 4.79 Å². The van der Waals surface area contributed by atoms with Crippen molar-refractivity contribution in [3.8, 4) is 0 Å². The Balaban J connectivity index is 2.73. The Hall–Kier alpha value is -1.42. The highest BCUT2D eigenvalue weighted by atomic mass is 32.2. The van der Waals surface area contributed by atoms with Gasteiger partial charge in [0.2, 0.25) is 0 Å². The molecule has 0 bridgehead atoms. The predicted molar refractivity (Wildman–Crippen MR) is 71.2 cm³/mol. The Morgan fingerprint density at radius 2 is 2.18 bits per heavy atom. The van der Waals surface area contributed by atoms with Gasteiger partial charge in [-0.25, -0.2) is 0 Å². The normalized spacial score (nSPS) is 12.6. The molecule has 1 atom stereocenters. The lowest BCUT2D eigenvalue weighted by atomic mass is 10.0. The molecule has 0 fully saturated rings. The second-order valence-corrected chi connectivity index (χ2v) is 4.86. The van der Waals surface area contributed by atoms with Gasteiger partial charge in [0.15, 0.2) is 0 Å². The van der Waals surface area contributed by atoms with E-state index in [0.717, 1.165) is 22.2 Å².